The topological polar surface area (TPSA) is 0 Å². The van der Waals surface area contributed by atoms with Gasteiger partial charge in [0.05, 0.1) is 0 Å². The molecule has 0 aliphatic heterocycles. The quantitative estimate of drug-likeness (QED) is 0.431. The van der Waals surface area contributed by atoms with Crippen LogP contribution in [-0.4, -0.2) is 0 Å². The van der Waals surface area contributed by atoms with Crippen LogP contribution in [0.3, 0.4) is 0 Å². The second-order valence-electron chi connectivity index (χ2n) is 2.78. The summed E-state index contributed by atoms with van der Waals surface area (Å²) in [5.74, 6) is 0. The average Bonchev–Trinajstić information content (AvgIpc) is 1.59. The van der Waals surface area contributed by atoms with Gasteiger partial charge in [0.1, 0.15) is 0 Å². The number of rotatable bonds is 0. The molecule has 0 aromatic rings. The lowest BCUT2D eigenvalue weighted by molar-refractivity contribution is 0.873. The Morgan fingerprint density at radius 3 is 1.11 bits per heavy atom. The Balaban J connectivity index is 2.64. The smallest absolute Gasteiger partial charge is 0.0107 e. The van der Waals surface area contributed by atoms with Gasteiger partial charge in [0.2, 0.25) is 0 Å². The van der Waals surface area contributed by atoms with Gasteiger partial charge in [-0.25, -0.2) is 0 Å². The van der Waals surface area contributed by atoms with Crippen molar-refractivity contribution >= 4 is 0 Å². The van der Waals surface area contributed by atoms with E-state index >= 15 is 0 Å². The zero-order valence-electron chi connectivity index (χ0n) is 5.74. The molecule has 9 heavy (non-hydrogen) atoms. The minimum atomic E-state index is 1.01. The summed E-state index contributed by atoms with van der Waals surface area (Å²) in [5, 5.41) is 0. The van der Waals surface area contributed by atoms with Crippen LogP contribution in [0.2, 0.25) is 0 Å². The van der Waals surface area contributed by atoms with E-state index in [9.17, 15) is 0 Å². The Kier molecular flexibility index (Phi) is 1.56. The monoisotopic (exact) mass is 120 g/mol. The third kappa shape index (κ3) is 1.56. The van der Waals surface area contributed by atoms with Gasteiger partial charge in [-0.2, -0.15) is 0 Å². The van der Waals surface area contributed by atoms with Crippen LogP contribution >= 0.6 is 0 Å². The molecule has 0 nitrogen and oxygen atoms in total. The van der Waals surface area contributed by atoms with Crippen molar-refractivity contribution in [2.45, 2.75) is 19.3 Å². The minimum absolute atomic E-state index is 1.01. The second-order valence-corrected chi connectivity index (χ2v) is 2.78. The first-order valence-corrected chi connectivity index (χ1v) is 3.18. The molecular formula is C9H12. The summed E-state index contributed by atoms with van der Waals surface area (Å²) in [6.07, 6.45) is 3.04. The van der Waals surface area contributed by atoms with Crippen LogP contribution in [0.5, 0.6) is 0 Å². The highest BCUT2D eigenvalue weighted by molar-refractivity contribution is 5.26. The molecule has 0 aromatic carbocycles. The van der Waals surface area contributed by atoms with Crippen LogP contribution in [0.4, 0.5) is 0 Å². The first kappa shape index (κ1) is 6.34. The molecule has 0 atom stereocenters. The van der Waals surface area contributed by atoms with E-state index in [1.165, 1.54) is 16.7 Å². The van der Waals surface area contributed by atoms with Crippen LogP contribution < -0.4 is 0 Å². The van der Waals surface area contributed by atoms with Crippen molar-refractivity contribution in [1.29, 1.82) is 0 Å². The third-order valence-electron chi connectivity index (χ3n) is 1.50. The summed E-state index contributed by atoms with van der Waals surface area (Å²) in [5.41, 5.74) is 3.78. The molecule has 0 aromatic heterocycles. The molecule has 48 valence electrons. The Bertz CT molecular complexity index is 127. The van der Waals surface area contributed by atoms with Gasteiger partial charge in [-0.05, 0) is 19.3 Å². The molecule has 1 rings (SSSR count). The minimum Gasteiger partial charge on any atom is -0.0992 e. The Morgan fingerprint density at radius 1 is 0.667 bits per heavy atom. The normalized spacial score (nSPS) is 20.7. The molecule has 0 amide bonds. The highest BCUT2D eigenvalue weighted by Gasteiger charge is 2.08. The van der Waals surface area contributed by atoms with E-state index in [0.29, 0.717) is 0 Å². The Hall–Kier alpha value is -0.780. The molecule has 0 heteroatoms. The molecule has 0 N–H and O–H groups in total. The first-order valence-electron chi connectivity index (χ1n) is 3.18. The van der Waals surface area contributed by atoms with Crippen molar-refractivity contribution in [3.8, 4) is 0 Å². The van der Waals surface area contributed by atoms with Crippen molar-refractivity contribution in [2.75, 3.05) is 0 Å². The molecule has 1 aliphatic carbocycles. The van der Waals surface area contributed by atoms with Gasteiger partial charge in [-0.15, -0.1) is 0 Å². The van der Waals surface area contributed by atoms with Crippen LogP contribution in [-0.2, 0) is 0 Å². The second kappa shape index (κ2) is 2.22. The SMILES string of the molecule is C=C1CC(=C)CC(=C)C1. The Morgan fingerprint density at radius 2 is 0.889 bits per heavy atom. The zero-order chi connectivity index (χ0) is 6.85. The summed E-state index contributed by atoms with van der Waals surface area (Å²) in [6.45, 7) is 11.7. The number of allylic oxidation sites excluding steroid dienone is 3. The van der Waals surface area contributed by atoms with Crippen molar-refractivity contribution in [3.05, 3.63) is 36.5 Å². The molecular weight excluding hydrogens is 108 g/mol. The van der Waals surface area contributed by atoms with Gasteiger partial charge in [-0.3, -0.25) is 0 Å². The molecule has 0 heterocycles. The lowest BCUT2D eigenvalue weighted by Gasteiger charge is -2.17. The molecule has 1 aliphatic rings. The first-order chi connectivity index (χ1) is 4.18. The van der Waals surface area contributed by atoms with E-state index in [0.717, 1.165) is 19.3 Å². The van der Waals surface area contributed by atoms with E-state index in [1.807, 2.05) is 0 Å². The molecule has 0 saturated heterocycles. The maximum absolute atomic E-state index is 3.89. The summed E-state index contributed by atoms with van der Waals surface area (Å²) in [4.78, 5) is 0. The van der Waals surface area contributed by atoms with Crippen molar-refractivity contribution < 1.29 is 0 Å². The number of hydrogen-bond donors (Lipinski definition) is 0. The maximum atomic E-state index is 3.89. The summed E-state index contributed by atoms with van der Waals surface area (Å²) < 4.78 is 0. The standard InChI is InChI=1S/C9H12/c1-7-4-8(2)6-9(3)5-7/h1-6H2. The summed E-state index contributed by atoms with van der Waals surface area (Å²) in [6, 6.07) is 0. The van der Waals surface area contributed by atoms with Crippen LogP contribution in [0.15, 0.2) is 36.5 Å². The third-order valence-corrected chi connectivity index (χ3v) is 1.50. The van der Waals surface area contributed by atoms with E-state index < -0.39 is 0 Å². The predicted molar refractivity (Wildman–Crippen MR) is 41.3 cm³/mol. The Labute approximate surface area is 56.6 Å². The molecule has 0 bridgehead atoms. The van der Waals surface area contributed by atoms with E-state index in [4.69, 9.17) is 0 Å². The molecule has 1 fully saturated rings. The van der Waals surface area contributed by atoms with Crippen LogP contribution in [0.1, 0.15) is 19.3 Å². The molecule has 0 radical (unpaired) electrons. The van der Waals surface area contributed by atoms with Gasteiger partial charge in [0, 0.05) is 0 Å². The number of hydrogen-bond acceptors (Lipinski definition) is 0. The average molecular weight is 120 g/mol. The lowest BCUT2D eigenvalue weighted by Crippen LogP contribution is -1.97. The van der Waals surface area contributed by atoms with E-state index in [1.54, 1.807) is 0 Å². The van der Waals surface area contributed by atoms with Crippen molar-refractivity contribution in [3.63, 3.8) is 0 Å². The highest BCUT2D eigenvalue weighted by Crippen LogP contribution is 2.28. The van der Waals surface area contributed by atoms with Crippen LogP contribution in [0, 0.1) is 0 Å². The largest absolute Gasteiger partial charge is 0.0992 e. The fourth-order valence-corrected chi connectivity index (χ4v) is 1.25. The fourth-order valence-electron chi connectivity index (χ4n) is 1.25. The molecule has 0 unspecified atom stereocenters. The lowest BCUT2D eigenvalue weighted by atomic mass is 9.89. The summed E-state index contributed by atoms with van der Waals surface area (Å²) in [7, 11) is 0. The van der Waals surface area contributed by atoms with Gasteiger partial charge >= 0.3 is 0 Å². The maximum Gasteiger partial charge on any atom is -0.0107 e. The highest BCUT2D eigenvalue weighted by atomic mass is 14.1. The van der Waals surface area contributed by atoms with Crippen molar-refractivity contribution in [2.24, 2.45) is 0 Å². The van der Waals surface area contributed by atoms with Gasteiger partial charge in [0.15, 0.2) is 0 Å². The zero-order valence-corrected chi connectivity index (χ0v) is 5.74. The summed E-state index contributed by atoms with van der Waals surface area (Å²) >= 11 is 0. The molecule has 0 spiro atoms. The van der Waals surface area contributed by atoms with Gasteiger partial charge in [-0.1, -0.05) is 36.5 Å². The van der Waals surface area contributed by atoms with Crippen LogP contribution in [0.25, 0.3) is 0 Å². The van der Waals surface area contributed by atoms with Gasteiger partial charge in [0.25, 0.3) is 0 Å². The predicted octanol–water partition coefficient (Wildman–Crippen LogP) is 2.84. The van der Waals surface area contributed by atoms with Gasteiger partial charge < -0.3 is 0 Å². The van der Waals surface area contributed by atoms with E-state index in [-0.39, 0.29) is 0 Å². The van der Waals surface area contributed by atoms with E-state index in [2.05, 4.69) is 19.7 Å². The van der Waals surface area contributed by atoms with Crippen molar-refractivity contribution in [1.82, 2.24) is 0 Å². The molecule has 1 saturated carbocycles. The fraction of sp³-hybridized carbons (Fsp3) is 0.333.